The maximum atomic E-state index is 11.9. The number of amides is 1. The van der Waals surface area contributed by atoms with Crippen LogP contribution in [0, 0.1) is 0 Å². The Hall–Kier alpha value is -1.99. The molecule has 15 heavy (non-hydrogen) atoms. The third kappa shape index (κ3) is 2.73. The van der Waals surface area contributed by atoms with Crippen LogP contribution < -0.4 is 16.2 Å². The van der Waals surface area contributed by atoms with Crippen LogP contribution >= 0.6 is 0 Å². The van der Waals surface area contributed by atoms with Crippen molar-refractivity contribution in [1.29, 1.82) is 0 Å². The molecule has 4 N–H and O–H groups in total. The first kappa shape index (κ1) is 11.1. The molecule has 1 aromatic rings. The quantitative estimate of drug-likeness (QED) is 0.767. The van der Waals surface area contributed by atoms with Crippen LogP contribution in [0.1, 0.15) is 10.4 Å². The lowest BCUT2D eigenvalue weighted by Crippen LogP contribution is -2.22. The van der Waals surface area contributed by atoms with Crippen LogP contribution in [0.4, 0.5) is 18.9 Å². The molecule has 0 aliphatic rings. The van der Waals surface area contributed by atoms with Crippen molar-refractivity contribution in [2.75, 3.05) is 5.73 Å². The first-order valence-corrected chi connectivity index (χ1v) is 3.60. The molecule has 82 valence electrons. The van der Waals surface area contributed by atoms with Gasteiger partial charge in [0.05, 0.1) is 18.1 Å². The lowest BCUT2D eigenvalue weighted by atomic mass is 10.2. The highest BCUT2D eigenvalue weighted by Gasteiger charge is 2.33. The highest BCUT2D eigenvalue weighted by molar-refractivity contribution is 6.00. The first-order chi connectivity index (χ1) is 6.81. The number of rotatable bonds is 2. The van der Waals surface area contributed by atoms with Crippen molar-refractivity contribution in [2.24, 2.45) is 5.73 Å². The number of nitrogens with zero attached hydrogens (tertiary/aromatic N) is 1. The van der Waals surface area contributed by atoms with E-state index >= 15 is 0 Å². The molecule has 1 heterocycles. The molecule has 0 radical (unpaired) electrons. The summed E-state index contributed by atoms with van der Waals surface area (Å²) in [5.74, 6) is -1.93. The van der Waals surface area contributed by atoms with E-state index in [4.69, 9.17) is 11.5 Å². The number of ether oxygens (including phenoxy) is 1. The number of halogens is 3. The average molecular weight is 221 g/mol. The smallest absolute Gasteiger partial charge is 0.403 e. The molecule has 5 nitrogen and oxygen atoms in total. The molecular formula is C7H6F3N3O2. The number of alkyl halides is 3. The number of pyridine rings is 1. The van der Waals surface area contributed by atoms with Crippen LogP contribution in [-0.4, -0.2) is 17.3 Å². The molecular weight excluding hydrogens is 215 g/mol. The van der Waals surface area contributed by atoms with Gasteiger partial charge in [0.15, 0.2) is 5.75 Å². The molecule has 0 bridgehead atoms. The zero-order chi connectivity index (χ0) is 11.6. The zero-order valence-electron chi connectivity index (χ0n) is 7.21. The van der Waals surface area contributed by atoms with E-state index in [2.05, 4.69) is 9.72 Å². The third-order valence-electron chi connectivity index (χ3n) is 1.41. The highest BCUT2D eigenvalue weighted by atomic mass is 19.4. The van der Waals surface area contributed by atoms with E-state index in [0.717, 1.165) is 6.20 Å². The predicted octanol–water partition coefficient (Wildman–Crippen LogP) is 0.661. The van der Waals surface area contributed by atoms with Gasteiger partial charge in [0, 0.05) is 0 Å². The number of carbonyl (C=O) groups is 1. The standard InChI is InChI=1S/C7H6F3N3O2/c8-7(9,10)15-4-2-13-1-3(11)5(4)6(12)14/h1-2H,11H2,(H2,12,14). The normalized spacial score (nSPS) is 11.1. The molecule has 8 heteroatoms. The van der Waals surface area contributed by atoms with Gasteiger partial charge in [-0.1, -0.05) is 0 Å². The maximum absolute atomic E-state index is 11.9. The predicted molar refractivity (Wildman–Crippen MR) is 43.9 cm³/mol. The minimum Gasteiger partial charge on any atom is -0.403 e. The number of anilines is 1. The second-order valence-corrected chi connectivity index (χ2v) is 2.51. The van der Waals surface area contributed by atoms with Crippen LogP contribution in [0.2, 0.25) is 0 Å². The first-order valence-electron chi connectivity index (χ1n) is 3.60. The summed E-state index contributed by atoms with van der Waals surface area (Å²) >= 11 is 0. The monoisotopic (exact) mass is 221 g/mol. The fourth-order valence-corrected chi connectivity index (χ4v) is 0.922. The fraction of sp³-hybridized carbons (Fsp3) is 0.143. The third-order valence-corrected chi connectivity index (χ3v) is 1.41. The van der Waals surface area contributed by atoms with Crippen molar-refractivity contribution < 1.29 is 22.7 Å². The van der Waals surface area contributed by atoms with Crippen molar-refractivity contribution >= 4 is 11.6 Å². The van der Waals surface area contributed by atoms with Gasteiger partial charge in [0.1, 0.15) is 5.56 Å². The van der Waals surface area contributed by atoms with E-state index in [1.807, 2.05) is 0 Å². The van der Waals surface area contributed by atoms with Crippen LogP contribution in [0.5, 0.6) is 5.75 Å². The topological polar surface area (TPSA) is 91.2 Å². The molecule has 0 atom stereocenters. The van der Waals surface area contributed by atoms with Gasteiger partial charge in [-0.15, -0.1) is 13.2 Å². The van der Waals surface area contributed by atoms with E-state index in [9.17, 15) is 18.0 Å². The molecule has 1 rings (SSSR count). The number of hydrogen-bond acceptors (Lipinski definition) is 4. The SMILES string of the molecule is NC(=O)c1c(N)cncc1OC(F)(F)F. The van der Waals surface area contributed by atoms with Crippen molar-refractivity contribution in [3.63, 3.8) is 0 Å². The minimum atomic E-state index is -4.93. The van der Waals surface area contributed by atoms with Gasteiger partial charge in [0.2, 0.25) is 0 Å². The summed E-state index contributed by atoms with van der Waals surface area (Å²) in [5, 5.41) is 0. The fourth-order valence-electron chi connectivity index (χ4n) is 0.922. The van der Waals surface area contributed by atoms with E-state index < -0.39 is 23.6 Å². The number of nitrogen functional groups attached to an aromatic ring is 1. The Morgan fingerprint density at radius 3 is 2.47 bits per heavy atom. The molecule has 0 saturated heterocycles. The van der Waals surface area contributed by atoms with Crippen LogP contribution in [-0.2, 0) is 0 Å². The second kappa shape index (κ2) is 3.64. The van der Waals surface area contributed by atoms with Crippen LogP contribution in [0.25, 0.3) is 0 Å². The molecule has 0 unspecified atom stereocenters. The van der Waals surface area contributed by atoms with Crippen LogP contribution in [0.15, 0.2) is 12.4 Å². The van der Waals surface area contributed by atoms with Gasteiger partial charge in [-0.25, -0.2) is 0 Å². The Bertz CT molecular complexity index is 392. The Morgan fingerprint density at radius 1 is 1.40 bits per heavy atom. The largest absolute Gasteiger partial charge is 0.573 e. The van der Waals surface area contributed by atoms with Crippen molar-refractivity contribution in [3.05, 3.63) is 18.0 Å². The lowest BCUT2D eigenvalue weighted by molar-refractivity contribution is -0.274. The zero-order valence-corrected chi connectivity index (χ0v) is 7.21. The summed E-state index contributed by atoms with van der Waals surface area (Å²) in [6.07, 6.45) is -3.22. The Morgan fingerprint density at radius 2 is 2.00 bits per heavy atom. The minimum absolute atomic E-state index is 0.274. The van der Waals surface area contributed by atoms with Crippen molar-refractivity contribution in [2.45, 2.75) is 6.36 Å². The summed E-state index contributed by atoms with van der Waals surface area (Å²) < 4.78 is 39.2. The van der Waals surface area contributed by atoms with Gasteiger partial charge in [-0.05, 0) is 0 Å². The molecule has 0 spiro atoms. The van der Waals surface area contributed by atoms with E-state index in [1.165, 1.54) is 0 Å². The maximum Gasteiger partial charge on any atom is 0.573 e. The summed E-state index contributed by atoms with van der Waals surface area (Å²) in [6, 6.07) is 0. The Labute approximate surface area is 81.8 Å². The number of carbonyl (C=O) groups excluding carboxylic acids is 1. The van der Waals surface area contributed by atoms with Gasteiger partial charge >= 0.3 is 6.36 Å². The molecule has 0 saturated carbocycles. The Kier molecular flexibility index (Phi) is 2.69. The molecule has 0 aliphatic carbocycles. The van der Waals surface area contributed by atoms with E-state index in [1.54, 1.807) is 0 Å². The second-order valence-electron chi connectivity index (χ2n) is 2.51. The highest BCUT2D eigenvalue weighted by Crippen LogP contribution is 2.28. The number of aromatic nitrogens is 1. The summed E-state index contributed by atoms with van der Waals surface area (Å²) in [6.45, 7) is 0. The molecule has 0 fully saturated rings. The molecule has 1 aromatic heterocycles. The summed E-state index contributed by atoms with van der Waals surface area (Å²) in [4.78, 5) is 14.1. The molecule has 1 amide bonds. The van der Waals surface area contributed by atoms with Crippen molar-refractivity contribution in [1.82, 2.24) is 4.98 Å². The van der Waals surface area contributed by atoms with E-state index in [-0.39, 0.29) is 5.69 Å². The lowest BCUT2D eigenvalue weighted by Gasteiger charge is -2.11. The van der Waals surface area contributed by atoms with Gasteiger partial charge < -0.3 is 16.2 Å². The average Bonchev–Trinajstić information content (AvgIpc) is 1.99. The summed E-state index contributed by atoms with van der Waals surface area (Å²) in [5.41, 5.74) is 9.26. The molecule has 0 aliphatic heterocycles. The number of hydrogen-bond donors (Lipinski definition) is 2. The van der Waals surface area contributed by atoms with Crippen LogP contribution in [0.3, 0.4) is 0 Å². The van der Waals surface area contributed by atoms with Gasteiger partial charge in [-0.3, -0.25) is 9.78 Å². The molecule has 0 aromatic carbocycles. The van der Waals surface area contributed by atoms with Crippen molar-refractivity contribution in [3.8, 4) is 5.75 Å². The summed E-state index contributed by atoms with van der Waals surface area (Å²) in [7, 11) is 0. The Balaban J connectivity index is 3.18. The number of primary amides is 1. The van der Waals surface area contributed by atoms with E-state index in [0.29, 0.717) is 6.20 Å². The van der Waals surface area contributed by atoms with Gasteiger partial charge in [-0.2, -0.15) is 0 Å². The van der Waals surface area contributed by atoms with Gasteiger partial charge in [0.25, 0.3) is 5.91 Å². The number of nitrogens with two attached hydrogens (primary N) is 2.